The zero-order valence-corrected chi connectivity index (χ0v) is 13.2. The van der Waals surface area contributed by atoms with E-state index in [9.17, 15) is 13.9 Å². The Morgan fingerprint density at radius 2 is 2.14 bits per heavy atom. The van der Waals surface area contributed by atoms with Crippen molar-refractivity contribution in [1.82, 2.24) is 5.32 Å². The van der Waals surface area contributed by atoms with Crippen LogP contribution in [0.25, 0.3) is 0 Å². The Balaban J connectivity index is 1.79. The smallest absolute Gasteiger partial charge is 0.139 e. The average Bonchev–Trinajstić information content (AvgIpc) is 3.28. The minimum Gasteiger partial charge on any atom is -0.394 e. The molecule has 0 saturated heterocycles. The molecular formula is C16H23F2NOS. The van der Waals surface area contributed by atoms with Crippen LogP contribution in [-0.2, 0) is 0 Å². The molecule has 2 N–H and O–H groups in total. The summed E-state index contributed by atoms with van der Waals surface area (Å²) in [6.45, 7) is 2.22. The van der Waals surface area contributed by atoms with E-state index in [-0.39, 0.29) is 12.1 Å². The molecule has 1 aromatic carbocycles. The minimum absolute atomic E-state index is 0.135. The third-order valence-electron chi connectivity index (χ3n) is 4.02. The van der Waals surface area contributed by atoms with E-state index in [0.717, 1.165) is 31.1 Å². The first kappa shape index (κ1) is 16.7. The fraction of sp³-hybridized carbons (Fsp3) is 0.625. The highest BCUT2D eigenvalue weighted by Crippen LogP contribution is 2.29. The normalized spacial score (nSPS) is 17.7. The Bertz CT molecular complexity index is 462. The fourth-order valence-corrected chi connectivity index (χ4v) is 3.30. The summed E-state index contributed by atoms with van der Waals surface area (Å²) < 4.78 is 26.3. The van der Waals surface area contributed by atoms with Crippen molar-refractivity contribution < 1.29 is 13.9 Å². The molecule has 1 aliphatic rings. The topological polar surface area (TPSA) is 32.3 Å². The van der Waals surface area contributed by atoms with Crippen LogP contribution >= 0.6 is 11.8 Å². The summed E-state index contributed by atoms with van der Waals surface area (Å²) in [6.07, 6.45) is 5.02. The number of benzene rings is 1. The van der Waals surface area contributed by atoms with E-state index in [1.807, 2.05) is 0 Å². The van der Waals surface area contributed by atoms with Gasteiger partial charge in [-0.25, -0.2) is 8.78 Å². The molecule has 0 heterocycles. The van der Waals surface area contributed by atoms with E-state index >= 15 is 0 Å². The molecule has 1 aliphatic carbocycles. The minimum atomic E-state index is -0.546. The highest BCUT2D eigenvalue weighted by molar-refractivity contribution is 7.99. The first-order valence-corrected chi connectivity index (χ1v) is 8.53. The van der Waals surface area contributed by atoms with Crippen molar-refractivity contribution in [3.05, 3.63) is 29.8 Å². The predicted octanol–water partition coefficient (Wildman–Crippen LogP) is 3.73. The number of hydrogen-bond acceptors (Lipinski definition) is 3. The average molecular weight is 315 g/mol. The molecule has 2 rings (SSSR count). The second-order valence-electron chi connectivity index (χ2n) is 5.74. The van der Waals surface area contributed by atoms with Crippen LogP contribution in [0.15, 0.2) is 23.1 Å². The summed E-state index contributed by atoms with van der Waals surface area (Å²) in [4.78, 5) is 0.484. The quantitative estimate of drug-likeness (QED) is 0.538. The maximum absolute atomic E-state index is 13.5. The van der Waals surface area contributed by atoms with Crippen molar-refractivity contribution in [3.8, 4) is 0 Å². The highest BCUT2D eigenvalue weighted by atomic mass is 32.2. The highest BCUT2D eigenvalue weighted by Gasteiger charge is 2.33. The van der Waals surface area contributed by atoms with Crippen molar-refractivity contribution in [2.75, 3.05) is 12.4 Å². The molecule has 1 fully saturated rings. The third kappa shape index (κ3) is 4.94. The van der Waals surface area contributed by atoms with Crippen molar-refractivity contribution in [3.63, 3.8) is 0 Å². The van der Waals surface area contributed by atoms with Gasteiger partial charge in [0.1, 0.15) is 11.6 Å². The standard InChI is InChI=1S/C16H23F2NOS/c1-2-16(11-20,19-13-5-6-13)8-3-9-21-15-7-4-12(17)10-14(15)18/h4,7,10,13,19-20H,2-3,5-6,8-9,11H2,1H3. The summed E-state index contributed by atoms with van der Waals surface area (Å²) in [5, 5.41) is 13.2. The molecule has 1 aromatic rings. The van der Waals surface area contributed by atoms with Crippen molar-refractivity contribution >= 4 is 11.8 Å². The van der Waals surface area contributed by atoms with Gasteiger partial charge >= 0.3 is 0 Å². The van der Waals surface area contributed by atoms with Crippen LogP contribution in [0.2, 0.25) is 0 Å². The lowest BCUT2D eigenvalue weighted by Gasteiger charge is -2.32. The molecule has 21 heavy (non-hydrogen) atoms. The van der Waals surface area contributed by atoms with Crippen LogP contribution in [-0.4, -0.2) is 29.0 Å². The fourth-order valence-electron chi connectivity index (χ4n) is 2.43. The Labute approximate surface area is 129 Å². The maximum atomic E-state index is 13.5. The van der Waals surface area contributed by atoms with Crippen LogP contribution in [0.5, 0.6) is 0 Å². The Hall–Kier alpha value is -0.650. The molecule has 0 aliphatic heterocycles. The van der Waals surface area contributed by atoms with Crippen LogP contribution in [0.3, 0.4) is 0 Å². The van der Waals surface area contributed by atoms with Crippen molar-refractivity contribution in [2.45, 2.75) is 55.5 Å². The first-order valence-electron chi connectivity index (χ1n) is 7.55. The summed E-state index contributed by atoms with van der Waals surface area (Å²) in [5.74, 6) is -0.285. The number of nitrogens with one attached hydrogen (secondary N) is 1. The summed E-state index contributed by atoms with van der Waals surface area (Å²) in [6, 6.07) is 4.24. The molecular weight excluding hydrogens is 292 g/mol. The maximum Gasteiger partial charge on any atom is 0.139 e. The van der Waals surface area contributed by atoms with Gasteiger partial charge in [0, 0.05) is 22.5 Å². The lowest BCUT2D eigenvalue weighted by molar-refractivity contribution is 0.144. The summed E-state index contributed by atoms with van der Waals surface area (Å²) in [7, 11) is 0. The van der Waals surface area contributed by atoms with Gasteiger partial charge in [-0.3, -0.25) is 0 Å². The van der Waals surface area contributed by atoms with E-state index in [1.54, 1.807) is 0 Å². The van der Waals surface area contributed by atoms with Gasteiger partial charge in [0.2, 0.25) is 0 Å². The van der Waals surface area contributed by atoms with Gasteiger partial charge < -0.3 is 10.4 Å². The number of halogens is 2. The van der Waals surface area contributed by atoms with E-state index in [0.29, 0.717) is 10.9 Å². The van der Waals surface area contributed by atoms with Crippen LogP contribution < -0.4 is 5.32 Å². The third-order valence-corrected chi connectivity index (χ3v) is 5.15. The predicted molar refractivity (Wildman–Crippen MR) is 82.6 cm³/mol. The van der Waals surface area contributed by atoms with Gasteiger partial charge in [0.15, 0.2) is 0 Å². The van der Waals surface area contributed by atoms with Crippen molar-refractivity contribution in [2.24, 2.45) is 0 Å². The zero-order valence-electron chi connectivity index (χ0n) is 12.4. The van der Waals surface area contributed by atoms with Crippen LogP contribution in [0.1, 0.15) is 39.0 Å². The van der Waals surface area contributed by atoms with Gasteiger partial charge in [0.25, 0.3) is 0 Å². The number of hydrogen-bond donors (Lipinski definition) is 2. The van der Waals surface area contributed by atoms with E-state index in [1.165, 1.54) is 36.7 Å². The molecule has 1 atom stereocenters. The molecule has 118 valence electrons. The number of rotatable bonds is 9. The van der Waals surface area contributed by atoms with Gasteiger partial charge in [-0.15, -0.1) is 11.8 Å². The largest absolute Gasteiger partial charge is 0.394 e. The Kier molecular flexibility index (Phi) is 6.02. The SMILES string of the molecule is CCC(CO)(CCCSc1ccc(F)cc1F)NC1CC1. The molecule has 1 unspecified atom stereocenters. The molecule has 1 saturated carbocycles. The molecule has 0 bridgehead atoms. The van der Waals surface area contributed by atoms with Crippen LogP contribution in [0.4, 0.5) is 8.78 Å². The molecule has 0 amide bonds. The van der Waals surface area contributed by atoms with E-state index < -0.39 is 11.6 Å². The van der Waals surface area contributed by atoms with Crippen LogP contribution in [0, 0.1) is 11.6 Å². The lowest BCUT2D eigenvalue weighted by atomic mass is 9.91. The molecule has 0 radical (unpaired) electrons. The summed E-state index contributed by atoms with van der Waals surface area (Å²) >= 11 is 1.40. The lowest BCUT2D eigenvalue weighted by Crippen LogP contribution is -2.49. The van der Waals surface area contributed by atoms with Gasteiger partial charge in [-0.1, -0.05) is 6.92 Å². The van der Waals surface area contributed by atoms with E-state index in [2.05, 4.69) is 12.2 Å². The molecule has 0 spiro atoms. The van der Waals surface area contributed by atoms with Gasteiger partial charge in [-0.05, 0) is 50.0 Å². The first-order chi connectivity index (χ1) is 10.1. The Morgan fingerprint density at radius 3 is 2.71 bits per heavy atom. The summed E-state index contributed by atoms with van der Waals surface area (Å²) in [5.41, 5.74) is -0.205. The second kappa shape index (κ2) is 7.56. The number of aliphatic hydroxyl groups is 1. The second-order valence-corrected chi connectivity index (χ2v) is 6.87. The molecule has 0 aromatic heterocycles. The number of aliphatic hydroxyl groups excluding tert-OH is 1. The van der Waals surface area contributed by atoms with Crippen molar-refractivity contribution in [1.29, 1.82) is 0 Å². The molecule has 5 heteroatoms. The number of thioether (sulfide) groups is 1. The molecule has 2 nitrogen and oxygen atoms in total. The van der Waals surface area contributed by atoms with Gasteiger partial charge in [0.05, 0.1) is 6.61 Å². The zero-order chi connectivity index (χ0) is 15.3. The Morgan fingerprint density at radius 1 is 1.38 bits per heavy atom. The van der Waals surface area contributed by atoms with E-state index in [4.69, 9.17) is 0 Å². The van der Waals surface area contributed by atoms with Gasteiger partial charge in [-0.2, -0.15) is 0 Å². The monoisotopic (exact) mass is 315 g/mol.